The van der Waals surface area contributed by atoms with Gasteiger partial charge in [-0.1, -0.05) is 12.1 Å². The number of nitro benzene ring substituents is 1. The third-order valence-electron chi connectivity index (χ3n) is 2.72. The molecule has 0 radical (unpaired) electrons. The van der Waals surface area contributed by atoms with Gasteiger partial charge in [0.05, 0.1) is 10.5 Å². The van der Waals surface area contributed by atoms with Crippen LogP contribution in [0.25, 0.3) is 0 Å². The number of benzene rings is 2. The lowest BCUT2D eigenvalue weighted by Gasteiger charge is -2.09. The number of phenolic OH excluding ortho intramolecular Hbond substituents is 3. The van der Waals surface area contributed by atoms with Crippen LogP contribution in [0, 0.1) is 10.1 Å². The molecule has 0 aromatic heterocycles. The van der Waals surface area contributed by atoms with Gasteiger partial charge in [-0.3, -0.25) is 14.9 Å². The molecule has 0 saturated heterocycles. The average Bonchev–Trinajstić information content (AvgIpc) is 2.45. The molecule has 0 aliphatic rings. The van der Waals surface area contributed by atoms with E-state index in [9.17, 15) is 30.2 Å². The van der Waals surface area contributed by atoms with Gasteiger partial charge in [-0.05, 0) is 18.2 Å². The highest BCUT2D eigenvalue weighted by molar-refractivity contribution is 6.07. The van der Waals surface area contributed by atoms with E-state index >= 15 is 0 Å². The van der Waals surface area contributed by atoms with E-state index in [1.54, 1.807) is 0 Å². The molecular formula is C13H10N2O6. The van der Waals surface area contributed by atoms with Gasteiger partial charge in [0, 0.05) is 6.07 Å². The Kier molecular flexibility index (Phi) is 3.61. The van der Waals surface area contributed by atoms with Gasteiger partial charge in [0.2, 0.25) is 5.75 Å². The number of nitrogens with zero attached hydrogens (tertiary/aromatic N) is 1. The van der Waals surface area contributed by atoms with Gasteiger partial charge in [-0.15, -0.1) is 0 Å². The number of phenols is 3. The van der Waals surface area contributed by atoms with Crippen molar-refractivity contribution in [1.29, 1.82) is 0 Å². The fraction of sp³-hybridized carbons (Fsp3) is 0. The van der Waals surface area contributed by atoms with Gasteiger partial charge in [0.15, 0.2) is 11.5 Å². The lowest BCUT2D eigenvalue weighted by atomic mass is 10.1. The van der Waals surface area contributed by atoms with Crippen molar-refractivity contribution in [1.82, 2.24) is 0 Å². The van der Waals surface area contributed by atoms with Crippen LogP contribution in [0.5, 0.6) is 17.2 Å². The smallest absolute Gasteiger partial charge is 0.292 e. The molecule has 0 bridgehead atoms. The highest BCUT2D eigenvalue weighted by Gasteiger charge is 2.20. The van der Waals surface area contributed by atoms with E-state index < -0.39 is 28.1 Å². The summed E-state index contributed by atoms with van der Waals surface area (Å²) in [6, 6.07) is 7.57. The number of hydrogen-bond donors (Lipinski definition) is 4. The number of para-hydroxylation sites is 2. The third kappa shape index (κ3) is 2.68. The van der Waals surface area contributed by atoms with E-state index in [4.69, 9.17) is 0 Å². The Hall–Kier alpha value is -3.29. The van der Waals surface area contributed by atoms with Crippen LogP contribution < -0.4 is 5.32 Å². The lowest BCUT2D eigenvalue weighted by Crippen LogP contribution is -2.13. The third-order valence-corrected chi connectivity index (χ3v) is 2.72. The fourth-order valence-corrected chi connectivity index (χ4v) is 1.68. The maximum Gasteiger partial charge on any atom is 0.292 e. The zero-order chi connectivity index (χ0) is 15.6. The maximum absolute atomic E-state index is 12.0. The van der Waals surface area contributed by atoms with E-state index in [1.807, 2.05) is 0 Å². The first-order chi connectivity index (χ1) is 9.91. The summed E-state index contributed by atoms with van der Waals surface area (Å²) in [5.41, 5.74) is -0.698. The summed E-state index contributed by atoms with van der Waals surface area (Å²) in [5.74, 6) is -3.11. The molecule has 0 heterocycles. The van der Waals surface area contributed by atoms with Crippen molar-refractivity contribution in [2.24, 2.45) is 0 Å². The van der Waals surface area contributed by atoms with E-state index in [-0.39, 0.29) is 16.9 Å². The molecule has 2 aromatic rings. The van der Waals surface area contributed by atoms with Gasteiger partial charge >= 0.3 is 0 Å². The standard InChI is InChI=1S/C13H10N2O6/c16-10-6-5-7(11(17)12(10)18)13(19)14-8-3-1-2-4-9(8)15(20)21/h1-6,16-18H,(H,14,19). The van der Waals surface area contributed by atoms with E-state index in [1.165, 1.54) is 24.3 Å². The number of aromatic hydroxyl groups is 3. The van der Waals surface area contributed by atoms with Crippen molar-refractivity contribution >= 4 is 17.3 Å². The molecule has 2 rings (SSSR count). The number of nitrogens with one attached hydrogen (secondary N) is 1. The molecule has 0 aliphatic heterocycles. The lowest BCUT2D eigenvalue weighted by molar-refractivity contribution is -0.383. The molecule has 8 heteroatoms. The highest BCUT2D eigenvalue weighted by Crippen LogP contribution is 2.37. The maximum atomic E-state index is 12.0. The van der Waals surface area contributed by atoms with Crippen molar-refractivity contribution in [2.75, 3.05) is 5.32 Å². The second kappa shape index (κ2) is 5.37. The minimum absolute atomic E-state index is 0.0561. The minimum Gasteiger partial charge on any atom is -0.504 e. The van der Waals surface area contributed by atoms with Crippen LogP contribution in [0.2, 0.25) is 0 Å². The van der Waals surface area contributed by atoms with Gasteiger partial charge in [0.25, 0.3) is 11.6 Å². The molecular weight excluding hydrogens is 280 g/mol. The van der Waals surface area contributed by atoms with Gasteiger partial charge in [0.1, 0.15) is 5.69 Å². The van der Waals surface area contributed by atoms with E-state index in [0.29, 0.717) is 0 Å². The fourth-order valence-electron chi connectivity index (χ4n) is 1.68. The Labute approximate surface area is 118 Å². The second-order valence-corrected chi connectivity index (χ2v) is 4.06. The number of carbonyl (C=O) groups excluding carboxylic acids is 1. The number of carbonyl (C=O) groups is 1. The molecule has 4 N–H and O–H groups in total. The molecule has 0 atom stereocenters. The SMILES string of the molecule is O=C(Nc1ccccc1[N+](=O)[O-])c1ccc(O)c(O)c1O. The number of hydrogen-bond acceptors (Lipinski definition) is 6. The van der Waals surface area contributed by atoms with Crippen molar-refractivity contribution in [3.05, 3.63) is 52.1 Å². The van der Waals surface area contributed by atoms with Crippen molar-refractivity contribution in [3.8, 4) is 17.2 Å². The molecule has 0 saturated carbocycles. The molecule has 0 unspecified atom stereocenters. The van der Waals surface area contributed by atoms with Crippen LogP contribution >= 0.6 is 0 Å². The number of nitro groups is 1. The first-order valence-electron chi connectivity index (χ1n) is 5.70. The Bertz CT molecular complexity index is 729. The number of rotatable bonds is 3. The van der Waals surface area contributed by atoms with E-state index in [0.717, 1.165) is 12.1 Å². The van der Waals surface area contributed by atoms with Crippen LogP contribution in [-0.2, 0) is 0 Å². The zero-order valence-corrected chi connectivity index (χ0v) is 10.5. The summed E-state index contributed by atoms with van der Waals surface area (Å²) in [6.07, 6.45) is 0. The van der Waals surface area contributed by atoms with Crippen LogP contribution in [0.4, 0.5) is 11.4 Å². The average molecular weight is 290 g/mol. The largest absolute Gasteiger partial charge is 0.504 e. The minimum atomic E-state index is -0.864. The number of anilines is 1. The molecule has 1 amide bonds. The second-order valence-electron chi connectivity index (χ2n) is 4.06. The number of amides is 1. The Morgan fingerprint density at radius 3 is 2.38 bits per heavy atom. The molecule has 8 nitrogen and oxygen atoms in total. The van der Waals surface area contributed by atoms with Crippen LogP contribution in [0.1, 0.15) is 10.4 Å². The summed E-state index contributed by atoms with van der Waals surface area (Å²) in [6.45, 7) is 0. The summed E-state index contributed by atoms with van der Waals surface area (Å²) in [5, 5.41) is 41.2. The summed E-state index contributed by atoms with van der Waals surface area (Å²) < 4.78 is 0. The van der Waals surface area contributed by atoms with Gasteiger partial charge < -0.3 is 20.6 Å². The van der Waals surface area contributed by atoms with Crippen molar-refractivity contribution in [2.45, 2.75) is 0 Å². The van der Waals surface area contributed by atoms with Crippen molar-refractivity contribution in [3.63, 3.8) is 0 Å². The van der Waals surface area contributed by atoms with Crippen LogP contribution in [0.3, 0.4) is 0 Å². The molecule has 0 aliphatic carbocycles. The quantitative estimate of drug-likeness (QED) is 0.388. The molecule has 0 spiro atoms. The highest BCUT2D eigenvalue weighted by atomic mass is 16.6. The topological polar surface area (TPSA) is 133 Å². The molecule has 2 aromatic carbocycles. The summed E-state index contributed by atoms with van der Waals surface area (Å²) in [4.78, 5) is 22.2. The summed E-state index contributed by atoms with van der Waals surface area (Å²) >= 11 is 0. The summed E-state index contributed by atoms with van der Waals surface area (Å²) in [7, 11) is 0. The van der Waals surface area contributed by atoms with Crippen LogP contribution in [-0.4, -0.2) is 26.2 Å². The molecule has 0 fully saturated rings. The normalized spacial score (nSPS) is 10.1. The van der Waals surface area contributed by atoms with Gasteiger partial charge in [-0.25, -0.2) is 0 Å². The first-order valence-corrected chi connectivity index (χ1v) is 5.70. The monoisotopic (exact) mass is 290 g/mol. The molecule has 21 heavy (non-hydrogen) atoms. The predicted molar refractivity (Wildman–Crippen MR) is 72.5 cm³/mol. The van der Waals surface area contributed by atoms with Crippen molar-refractivity contribution < 1.29 is 25.0 Å². The van der Waals surface area contributed by atoms with Gasteiger partial charge in [-0.2, -0.15) is 0 Å². The zero-order valence-electron chi connectivity index (χ0n) is 10.5. The Morgan fingerprint density at radius 1 is 1.05 bits per heavy atom. The van der Waals surface area contributed by atoms with E-state index in [2.05, 4.69) is 5.32 Å². The Balaban J connectivity index is 2.36. The van der Waals surface area contributed by atoms with Crippen LogP contribution in [0.15, 0.2) is 36.4 Å². The Morgan fingerprint density at radius 2 is 1.71 bits per heavy atom. The first kappa shape index (κ1) is 14.1. The molecule has 108 valence electrons. The predicted octanol–water partition coefficient (Wildman–Crippen LogP) is 1.96.